The molecular formula is C17H22N4O3. The molecule has 1 aromatic heterocycles. The standard InChI is InChI=1S/C17H22N4O3/c1-2-24-13-6-5-10-20(12-13)16(22)9-11-21-17(23)14-7-3-4-8-15(14)18-19-21/h3-4,7-8,13H,2,5-6,9-12H2,1H3/t13-/m1/s1. The number of carbonyl (C=O) groups excluding carboxylic acids is 1. The number of carbonyl (C=O) groups is 1. The van der Waals surface area contributed by atoms with E-state index < -0.39 is 0 Å². The van der Waals surface area contributed by atoms with Crippen LogP contribution in [0.25, 0.3) is 10.9 Å². The van der Waals surface area contributed by atoms with E-state index in [1.165, 1.54) is 4.68 Å². The minimum atomic E-state index is -0.209. The van der Waals surface area contributed by atoms with Crippen LogP contribution in [-0.4, -0.2) is 51.6 Å². The maximum absolute atomic E-state index is 12.4. The predicted molar refractivity (Wildman–Crippen MR) is 89.6 cm³/mol. The highest BCUT2D eigenvalue weighted by Crippen LogP contribution is 2.14. The van der Waals surface area contributed by atoms with Crippen LogP contribution >= 0.6 is 0 Å². The van der Waals surface area contributed by atoms with E-state index in [4.69, 9.17) is 4.74 Å². The van der Waals surface area contributed by atoms with Gasteiger partial charge in [0.15, 0.2) is 0 Å². The fourth-order valence-corrected chi connectivity index (χ4v) is 3.07. The molecule has 7 nitrogen and oxygen atoms in total. The van der Waals surface area contributed by atoms with E-state index in [1.807, 2.05) is 17.9 Å². The van der Waals surface area contributed by atoms with Gasteiger partial charge in [-0.15, -0.1) is 5.10 Å². The lowest BCUT2D eigenvalue weighted by Crippen LogP contribution is -2.43. The lowest BCUT2D eigenvalue weighted by molar-refractivity contribution is -0.135. The summed E-state index contributed by atoms with van der Waals surface area (Å²) >= 11 is 0. The van der Waals surface area contributed by atoms with Gasteiger partial charge in [-0.25, -0.2) is 4.68 Å². The number of rotatable bonds is 5. The Bertz CT molecular complexity index is 772. The van der Waals surface area contributed by atoms with Crippen LogP contribution in [0.1, 0.15) is 26.2 Å². The number of amides is 1. The smallest absolute Gasteiger partial charge is 0.277 e. The van der Waals surface area contributed by atoms with E-state index in [1.54, 1.807) is 18.2 Å². The molecule has 3 rings (SSSR count). The fourth-order valence-electron chi connectivity index (χ4n) is 3.07. The van der Waals surface area contributed by atoms with E-state index in [-0.39, 0.29) is 30.5 Å². The first-order valence-electron chi connectivity index (χ1n) is 8.41. The van der Waals surface area contributed by atoms with Crippen LogP contribution in [0.2, 0.25) is 0 Å². The molecule has 0 aliphatic carbocycles. The number of fused-ring (bicyclic) bond motifs is 1. The molecule has 1 aliphatic heterocycles. The minimum absolute atomic E-state index is 0.0289. The second-order valence-corrected chi connectivity index (χ2v) is 5.94. The molecule has 2 heterocycles. The average Bonchev–Trinajstić information content (AvgIpc) is 2.62. The van der Waals surface area contributed by atoms with Crippen molar-refractivity contribution in [3.05, 3.63) is 34.6 Å². The van der Waals surface area contributed by atoms with Gasteiger partial charge in [-0.2, -0.15) is 0 Å². The Labute approximate surface area is 140 Å². The van der Waals surface area contributed by atoms with Crippen molar-refractivity contribution < 1.29 is 9.53 Å². The Morgan fingerprint density at radius 2 is 2.21 bits per heavy atom. The summed E-state index contributed by atoms with van der Waals surface area (Å²) in [5.74, 6) is 0.0289. The number of ether oxygens (including phenoxy) is 1. The largest absolute Gasteiger partial charge is 0.377 e. The van der Waals surface area contributed by atoms with Crippen molar-refractivity contribution in [2.45, 2.75) is 38.8 Å². The number of nitrogens with zero attached hydrogens (tertiary/aromatic N) is 4. The molecule has 1 fully saturated rings. The van der Waals surface area contributed by atoms with Gasteiger partial charge in [-0.05, 0) is 31.9 Å². The maximum atomic E-state index is 12.4. The molecule has 0 N–H and O–H groups in total. The summed E-state index contributed by atoms with van der Waals surface area (Å²) in [4.78, 5) is 26.6. The lowest BCUT2D eigenvalue weighted by Gasteiger charge is -2.32. The van der Waals surface area contributed by atoms with Crippen LogP contribution in [0, 0.1) is 0 Å². The summed E-state index contributed by atoms with van der Waals surface area (Å²) in [6.07, 6.45) is 2.31. The Balaban J connectivity index is 1.64. The molecule has 7 heteroatoms. The summed E-state index contributed by atoms with van der Waals surface area (Å²) in [5, 5.41) is 8.49. The van der Waals surface area contributed by atoms with Gasteiger partial charge in [0.1, 0.15) is 5.52 Å². The first-order valence-corrected chi connectivity index (χ1v) is 8.41. The van der Waals surface area contributed by atoms with Gasteiger partial charge in [0.05, 0.1) is 18.0 Å². The first-order chi connectivity index (χ1) is 11.7. The zero-order chi connectivity index (χ0) is 16.9. The van der Waals surface area contributed by atoms with Crippen LogP contribution in [0.4, 0.5) is 0 Å². The molecule has 1 aliphatic rings. The highest BCUT2D eigenvalue weighted by atomic mass is 16.5. The number of likely N-dealkylation sites (tertiary alicyclic amines) is 1. The molecule has 0 spiro atoms. The van der Waals surface area contributed by atoms with Gasteiger partial charge in [-0.3, -0.25) is 9.59 Å². The lowest BCUT2D eigenvalue weighted by atomic mass is 10.1. The van der Waals surface area contributed by atoms with Crippen LogP contribution in [0.5, 0.6) is 0 Å². The molecule has 1 aromatic carbocycles. The van der Waals surface area contributed by atoms with Crippen molar-refractivity contribution in [3.8, 4) is 0 Å². The molecular weight excluding hydrogens is 308 g/mol. The van der Waals surface area contributed by atoms with Gasteiger partial charge in [0.2, 0.25) is 5.91 Å². The number of piperidine rings is 1. The van der Waals surface area contributed by atoms with Crippen molar-refractivity contribution >= 4 is 16.8 Å². The average molecular weight is 330 g/mol. The molecule has 2 aromatic rings. The van der Waals surface area contributed by atoms with Gasteiger partial charge in [-0.1, -0.05) is 17.3 Å². The van der Waals surface area contributed by atoms with E-state index in [0.29, 0.717) is 24.1 Å². The molecule has 0 bridgehead atoms. The summed E-state index contributed by atoms with van der Waals surface area (Å²) < 4.78 is 6.89. The number of aromatic nitrogens is 3. The molecule has 128 valence electrons. The number of benzene rings is 1. The monoisotopic (exact) mass is 330 g/mol. The third kappa shape index (κ3) is 3.62. The predicted octanol–water partition coefficient (Wildman–Crippen LogP) is 1.21. The Morgan fingerprint density at radius 3 is 3.04 bits per heavy atom. The van der Waals surface area contributed by atoms with Gasteiger partial charge < -0.3 is 9.64 Å². The van der Waals surface area contributed by atoms with Crippen molar-refractivity contribution in [2.75, 3.05) is 19.7 Å². The first kappa shape index (κ1) is 16.6. The highest BCUT2D eigenvalue weighted by Gasteiger charge is 2.23. The SMILES string of the molecule is CCO[C@@H]1CCCN(C(=O)CCn2nnc3ccccc3c2=O)C1. The fraction of sp³-hybridized carbons (Fsp3) is 0.529. The van der Waals surface area contributed by atoms with Crippen molar-refractivity contribution in [2.24, 2.45) is 0 Å². The van der Waals surface area contributed by atoms with Crippen molar-refractivity contribution in [1.29, 1.82) is 0 Å². The normalized spacial score (nSPS) is 18.0. The van der Waals surface area contributed by atoms with Crippen molar-refractivity contribution in [3.63, 3.8) is 0 Å². The molecule has 24 heavy (non-hydrogen) atoms. The maximum Gasteiger partial charge on any atom is 0.277 e. The highest BCUT2D eigenvalue weighted by molar-refractivity contribution is 5.77. The summed E-state index contributed by atoms with van der Waals surface area (Å²) in [6.45, 7) is 4.25. The zero-order valence-electron chi connectivity index (χ0n) is 13.9. The third-order valence-corrected chi connectivity index (χ3v) is 4.30. The summed E-state index contributed by atoms with van der Waals surface area (Å²) in [6, 6.07) is 7.08. The molecule has 1 atom stereocenters. The Morgan fingerprint density at radius 1 is 1.38 bits per heavy atom. The van der Waals surface area contributed by atoms with E-state index in [2.05, 4.69) is 10.3 Å². The number of hydrogen-bond donors (Lipinski definition) is 0. The molecule has 0 saturated carbocycles. The van der Waals surface area contributed by atoms with E-state index >= 15 is 0 Å². The van der Waals surface area contributed by atoms with Crippen LogP contribution in [-0.2, 0) is 16.1 Å². The van der Waals surface area contributed by atoms with Crippen LogP contribution in [0.15, 0.2) is 29.1 Å². The third-order valence-electron chi connectivity index (χ3n) is 4.30. The Kier molecular flexibility index (Phi) is 5.20. The topological polar surface area (TPSA) is 77.3 Å². The van der Waals surface area contributed by atoms with Crippen molar-refractivity contribution in [1.82, 2.24) is 19.9 Å². The minimum Gasteiger partial charge on any atom is -0.377 e. The second-order valence-electron chi connectivity index (χ2n) is 5.94. The Hall–Kier alpha value is -2.28. The molecule has 0 unspecified atom stereocenters. The summed E-state index contributed by atoms with van der Waals surface area (Å²) in [5.41, 5.74) is 0.361. The van der Waals surface area contributed by atoms with Gasteiger partial charge in [0.25, 0.3) is 5.56 Å². The van der Waals surface area contributed by atoms with E-state index in [0.717, 1.165) is 19.4 Å². The van der Waals surface area contributed by atoms with Gasteiger partial charge >= 0.3 is 0 Å². The van der Waals surface area contributed by atoms with Gasteiger partial charge in [0, 0.05) is 26.1 Å². The zero-order valence-corrected chi connectivity index (χ0v) is 13.9. The number of hydrogen-bond acceptors (Lipinski definition) is 5. The van der Waals surface area contributed by atoms with E-state index in [9.17, 15) is 9.59 Å². The van der Waals surface area contributed by atoms with Crippen LogP contribution in [0.3, 0.4) is 0 Å². The number of aryl methyl sites for hydroxylation is 1. The molecule has 1 saturated heterocycles. The molecule has 0 radical (unpaired) electrons. The van der Waals surface area contributed by atoms with Crippen LogP contribution < -0.4 is 5.56 Å². The summed E-state index contributed by atoms with van der Waals surface area (Å²) in [7, 11) is 0. The quantitative estimate of drug-likeness (QED) is 0.823. The second kappa shape index (κ2) is 7.53. The molecule has 1 amide bonds.